The van der Waals surface area contributed by atoms with Crippen molar-refractivity contribution in [1.29, 1.82) is 0 Å². The van der Waals surface area contributed by atoms with Crippen LogP contribution < -0.4 is 4.74 Å². The van der Waals surface area contributed by atoms with E-state index in [0.717, 1.165) is 29.3 Å². The Morgan fingerprint density at radius 2 is 2.23 bits per heavy atom. The van der Waals surface area contributed by atoms with Crippen LogP contribution >= 0.6 is 38.5 Å². The Bertz CT molecular complexity index is 280. The van der Waals surface area contributed by atoms with E-state index in [1.54, 1.807) is 0 Å². The van der Waals surface area contributed by atoms with E-state index < -0.39 is 0 Å². The van der Waals surface area contributed by atoms with E-state index in [4.69, 9.17) is 4.74 Å². The highest BCUT2D eigenvalue weighted by atomic mass is 127. The first-order valence-electron chi connectivity index (χ1n) is 3.96. The molecule has 0 aliphatic carbocycles. The van der Waals surface area contributed by atoms with Gasteiger partial charge in [0.1, 0.15) is 5.75 Å². The van der Waals surface area contributed by atoms with Crippen molar-refractivity contribution in [3.8, 4) is 5.75 Å². The molecule has 0 heterocycles. The van der Waals surface area contributed by atoms with Crippen LogP contribution in [0.3, 0.4) is 0 Å². The molecule has 0 atom stereocenters. The van der Waals surface area contributed by atoms with Crippen molar-refractivity contribution < 1.29 is 4.74 Å². The lowest BCUT2D eigenvalue weighted by atomic mass is 10.3. The van der Waals surface area contributed by atoms with E-state index in [0.29, 0.717) is 0 Å². The van der Waals surface area contributed by atoms with E-state index in [-0.39, 0.29) is 0 Å². The summed E-state index contributed by atoms with van der Waals surface area (Å²) in [5, 5.41) is 0. The quantitative estimate of drug-likeness (QED) is 0.450. The van der Waals surface area contributed by atoms with E-state index in [2.05, 4.69) is 48.8 Å². The molecule has 0 spiro atoms. The van der Waals surface area contributed by atoms with E-state index in [1.807, 2.05) is 18.2 Å². The molecule has 3 radical (unpaired) electrons. The molecule has 4 heteroatoms. The topological polar surface area (TPSA) is 9.23 Å². The summed E-state index contributed by atoms with van der Waals surface area (Å²) in [4.78, 5) is 0. The average molecular weight is 368 g/mol. The Labute approximate surface area is 104 Å². The molecule has 1 nitrogen and oxygen atoms in total. The molecular formula is C9H9BrIOSi. The van der Waals surface area contributed by atoms with Crippen LogP contribution in [0.2, 0.25) is 6.04 Å². The van der Waals surface area contributed by atoms with Crippen molar-refractivity contribution in [2.24, 2.45) is 0 Å². The molecule has 69 valence electrons. The minimum Gasteiger partial charge on any atom is -0.494 e. The minimum absolute atomic E-state index is 0.760. The van der Waals surface area contributed by atoms with Gasteiger partial charge in [-0.3, -0.25) is 0 Å². The largest absolute Gasteiger partial charge is 0.494 e. The van der Waals surface area contributed by atoms with Crippen molar-refractivity contribution in [3.05, 3.63) is 26.2 Å². The molecule has 13 heavy (non-hydrogen) atoms. The van der Waals surface area contributed by atoms with E-state index in [9.17, 15) is 0 Å². The maximum absolute atomic E-state index is 5.52. The second-order valence-electron chi connectivity index (χ2n) is 2.53. The third kappa shape index (κ3) is 3.99. The van der Waals surface area contributed by atoms with E-state index >= 15 is 0 Å². The number of hydrogen-bond acceptors (Lipinski definition) is 1. The predicted molar refractivity (Wildman–Crippen MR) is 67.5 cm³/mol. The van der Waals surface area contributed by atoms with Crippen LogP contribution in [-0.2, 0) is 0 Å². The van der Waals surface area contributed by atoms with Crippen LogP contribution in [0.4, 0.5) is 0 Å². The molecule has 0 amide bonds. The first-order valence-corrected chi connectivity index (χ1v) is 6.54. The fourth-order valence-corrected chi connectivity index (χ4v) is 1.67. The Morgan fingerprint density at radius 3 is 2.85 bits per heavy atom. The van der Waals surface area contributed by atoms with Gasteiger partial charge in [0.25, 0.3) is 0 Å². The van der Waals surface area contributed by atoms with Crippen molar-refractivity contribution in [1.82, 2.24) is 0 Å². The van der Waals surface area contributed by atoms with Gasteiger partial charge in [-0.1, -0.05) is 6.04 Å². The number of ether oxygens (including phenoxy) is 1. The van der Waals surface area contributed by atoms with Crippen LogP contribution in [0.15, 0.2) is 22.7 Å². The fraction of sp³-hybridized carbons (Fsp3) is 0.333. The zero-order valence-corrected chi connectivity index (χ0v) is 11.8. The highest BCUT2D eigenvalue weighted by molar-refractivity contribution is 14.1. The number of benzene rings is 1. The second kappa shape index (κ2) is 6.03. The third-order valence-corrected chi connectivity index (χ3v) is 4.17. The monoisotopic (exact) mass is 367 g/mol. The summed E-state index contributed by atoms with van der Waals surface area (Å²) in [6.07, 6.45) is 1.03. The molecule has 0 unspecified atom stereocenters. The molecule has 1 rings (SSSR count). The molecule has 0 aliphatic heterocycles. The lowest BCUT2D eigenvalue weighted by Gasteiger charge is -2.05. The SMILES string of the molecule is [Si]CCCOc1ccc(I)c(Br)c1. The summed E-state index contributed by atoms with van der Waals surface area (Å²) in [6.45, 7) is 0.760. The van der Waals surface area contributed by atoms with E-state index in [1.165, 1.54) is 3.57 Å². The third-order valence-electron chi connectivity index (χ3n) is 1.48. The summed E-state index contributed by atoms with van der Waals surface area (Å²) in [5.74, 6) is 0.924. The van der Waals surface area contributed by atoms with Crippen LogP contribution in [-0.4, -0.2) is 16.8 Å². The summed E-state index contributed by atoms with van der Waals surface area (Å²) in [7, 11) is 3.40. The van der Waals surface area contributed by atoms with Gasteiger partial charge >= 0.3 is 0 Å². The summed E-state index contributed by atoms with van der Waals surface area (Å²) >= 11 is 5.73. The van der Waals surface area contributed by atoms with Gasteiger partial charge in [0.05, 0.1) is 6.61 Å². The van der Waals surface area contributed by atoms with Crippen molar-refractivity contribution in [2.45, 2.75) is 12.5 Å². The zero-order valence-electron chi connectivity index (χ0n) is 7.02. The van der Waals surface area contributed by atoms with Crippen LogP contribution in [0.1, 0.15) is 6.42 Å². The van der Waals surface area contributed by atoms with Gasteiger partial charge in [-0.05, 0) is 63.1 Å². The Balaban J connectivity index is 2.53. The maximum Gasteiger partial charge on any atom is 0.120 e. The highest BCUT2D eigenvalue weighted by Gasteiger charge is 1.98. The summed E-state index contributed by atoms with van der Waals surface area (Å²) < 4.78 is 7.80. The van der Waals surface area contributed by atoms with Gasteiger partial charge < -0.3 is 4.74 Å². The summed E-state index contributed by atoms with van der Waals surface area (Å²) in [6, 6.07) is 6.99. The molecule has 0 N–H and O–H groups in total. The van der Waals surface area contributed by atoms with Gasteiger partial charge in [0, 0.05) is 18.3 Å². The van der Waals surface area contributed by atoms with Gasteiger partial charge in [-0.25, -0.2) is 0 Å². The first kappa shape index (κ1) is 11.5. The van der Waals surface area contributed by atoms with Crippen molar-refractivity contribution in [2.75, 3.05) is 6.61 Å². The van der Waals surface area contributed by atoms with Crippen molar-refractivity contribution >= 4 is 48.8 Å². The molecule has 0 fully saturated rings. The standard InChI is InChI=1S/C9H9BrIOSi/c10-8-6-7(2-3-9(8)11)12-4-1-5-13/h2-3,6H,1,4-5H2. The summed E-state index contributed by atoms with van der Waals surface area (Å²) in [5.41, 5.74) is 0. The Morgan fingerprint density at radius 1 is 1.46 bits per heavy atom. The number of hydrogen-bond donors (Lipinski definition) is 0. The molecule has 0 aliphatic rings. The smallest absolute Gasteiger partial charge is 0.120 e. The normalized spacial score (nSPS) is 10.1. The highest BCUT2D eigenvalue weighted by Crippen LogP contribution is 2.24. The Hall–Kier alpha value is 0.447. The predicted octanol–water partition coefficient (Wildman–Crippen LogP) is 3.41. The zero-order chi connectivity index (χ0) is 9.68. The van der Waals surface area contributed by atoms with Gasteiger partial charge in [-0.2, -0.15) is 0 Å². The lowest BCUT2D eigenvalue weighted by Crippen LogP contribution is -1.96. The maximum atomic E-state index is 5.52. The molecule has 0 saturated heterocycles. The molecular weight excluding hydrogens is 359 g/mol. The fourth-order valence-electron chi connectivity index (χ4n) is 0.829. The molecule has 1 aromatic carbocycles. The second-order valence-corrected chi connectivity index (χ2v) is 5.04. The van der Waals surface area contributed by atoms with Crippen molar-refractivity contribution in [3.63, 3.8) is 0 Å². The van der Waals surface area contributed by atoms with Crippen LogP contribution in [0, 0.1) is 3.57 Å². The van der Waals surface area contributed by atoms with Gasteiger partial charge in [-0.15, -0.1) is 0 Å². The molecule has 0 aromatic heterocycles. The first-order chi connectivity index (χ1) is 6.24. The number of rotatable bonds is 4. The van der Waals surface area contributed by atoms with Gasteiger partial charge in [0.2, 0.25) is 0 Å². The molecule has 0 saturated carbocycles. The van der Waals surface area contributed by atoms with Gasteiger partial charge in [0.15, 0.2) is 0 Å². The van der Waals surface area contributed by atoms with Crippen LogP contribution in [0.25, 0.3) is 0 Å². The average Bonchev–Trinajstić information content (AvgIpc) is 2.12. The minimum atomic E-state index is 0.760. The lowest BCUT2D eigenvalue weighted by molar-refractivity contribution is 0.317. The Kier molecular flexibility index (Phi) is 5.34. The molecule has 0 bridgehead atoms. The number of halogens is 2. The van der Waals surface area contributed by atoms with Crippen LogP contribution in [0.5, 0.6) is 5.75 Å². The molecule has 1 aromatic rings.